The number of thiophene rings is 1. The molecule has 2 aromatic heterocycles. The van der Waals surface area contributed by atoms with Crippen LogP contribution in [-0.4, -0.2) is 5.11 Å². The van der Waals surface area contributed by atoms with Gasteiger partial charge in [0.15, 0.2) is 0 Å². The lowest BCUT2D eigenvalue weighted by Gasteiger charge is -2.05. The minimum Gasteiger partial charge on any atom is -0.472 e. The lowest BCUT2D eigenvalue weighted by molar-refractivity contribution is 0.182. The minimum absolute atomic E-state index is 0.254. The van der Waals surface area contributed by atoms with E-state index in [-0.39, 0.29) is 5.82 Å². The first-order chi connectivity index (χ1) is 8.72. The number of benzene rings is 1. The van der Waals surface area contributed by atoms with Gasteiger partial charge in [-0.1, -0.05) is 0 Å². The molecule has 4 heteroatoms. The zero-order valence-electron chi connectivity index (χ0n) is 9.47. The second kappa shape index (κ2) is 4.55. The van der Waals surface area contributed by atoms with Crippen LogP contribution in [0.4, 0.5) is 4.39 Å². The van der Waals surface area contributed by atoms with E-state index in [1.807, 2.05) is 12.1 Å². The van der Waals surface area contributed by atoms with Gasteiger partial charge in [0, 0.05) is 16.0 Å². The van der Waals surface area contributed by atoms with E-state index in [4.69, 9.17) is 4.42 Å². The zero-order chi connectivity index (χ0) is 12.5. The summed E-state index contributed by atoms with van der Waals surface area (Å²) in [6.07, 6.45) is 3.13. The summed E-state index contributed by atoms with van der Waals surface area (Å²) >= 11 is 1.49. The first kappa shape index (κ1) is 11.4. The van der Waals surface area contributed by atoms with E-state index in [1.54, 1.807) is 18.6 Å². The standard InChI is InChI=1S/C14H11FO2S/c15-11-1-2-13-10(6-11)7-14(18-13)12(16)5-9-3-4-17-8-9/h1-4,6-8,12,16H,5H2. The Morgan fingerprint density at radius 2 is 2.17 bits per heavy atom. The van der Waals surface area contributed by atoms with E-state index in [1.165, 1.54) is 23.5 Å². The predicted molar refractivity (Wildman–Crippen MR) is 69.2 cm³/mol. The van der Waals surface area contributed by atoms with E-state index in [2.05, 4.69) is 0 Å². The molecule has 0 aliphatic heterocycles. The van der Waals surface area contributed by atoms with Gasteiger partial charge in [0.1, 0.15) is 5.82 Å². The highest BCUT2D eigenvalue weighted by Crippen LogP contribution is 2.31. The average molecular weight is 262 g/mol. The van der Waals surface area contributed by atoms with Crippen molar-refractivity contribution in [1.82, 2.24) is 0 Å². The van der Waals surface area contributed by atoms with Crippen LogP contribution in [0.25, 0.3) is 10.1 Å². The highest BCUT2D eigenvalue weighted by Gasteiger charge is 2.13. The van der Waals surface area contributed by atoms with Crippen molar-refractivity contribution in [1.29, 1.82) is 0 Å². The molecule has 1 atom stereocenters. The average Bonchev–Trinajstić information content (AvgIpc) is 2.96. The number of hydrogen-bond acceptors (Lipinski definition) is 3. The topological polar surface area (TPSA) is 33.4 Å². The molecular formula is C14H11FO2S. The molecule has 0 aliphatic rings. The maximum absolute atomic E-state index is 13.1. The maximum atomic E-state index is 13.1. The first-order valence-corrected chi connectivity index (χ1v) is 6.42. The second-order valence-electron chi connectivity index (χ2n) is 4.18. The van der Waals surface area contributed by atoms with Gasteiger partial charge >= 0.3 is 0 Å². The molecule has 3 aromatic rings. The Morgan fingerprint density at radius 3 is 2.94 bits per heavy atom. The molecule has 1 aromatic carbocycles. The van der Waals surface area contributed by atoms with Gasteiger partial charge in [-0.2, -0.15) is 0 Å². The van der Waals surface area contributed by atoms with Crippen LogP contribution in [-0.2, 0) is 6.42 Å². The van der Waals surface area contributed by atoms with Crippen LogP contribution < -0.4 is 0 Å². The molecule has 1 N–H and O–H groups in total. The Morgan fingerprint density at radius 1 is 1.28 bits per heavy atom. The molecule has 0 bridgehead atoms. The Kier molecular flexibility index (Phi) is 2.89. The Bertz CT molecular complexity index is 658. The van der Waals surface area contributed by atoms with Gasteiger partial charge in [0.2, 0.25) is 0 Å². The van der Waals surface area contributed by atoms with E-state index in [9.17, 15) is 9.50 Å². The number of aliphatic hydroxyl groups is 1. The van der Waals surface area contributed by atoms with Crippen LogP contribution >= 0.6 is 11.3 Å². The summed E-state index contributed by atoms with van der Waals surface area (Å²) in [5, 5.41) is 11.0. The summed E-state index contributed by atoms with van der Waals surface area (Å²) in [5.41, 5.74) is 0.950. The van der Waals surface area contributed by atoms with E-state index in [0.717, 1.165) is 20.5 Å². The summed E-state index contributed by atoms with van der Waals surface area (Å²) in [5.74, 6) is -0.254. The van der Waals surface area contributed by atoms with Crippen molar-refractivity contribution in [3.63, 3.8) is 0 Å². The molecule has 0 spiro atoms. The van der Waals surface area contributed by atoms with Crippen LogP contribution in [0.5, 0.6) is 0 Å². The number of hydrogen-bond donors (Lipinski definition) is 1. The SMILES string of the molecule is OC(Cc1ccoc1)c1cc2cc(F)ccc2s1. The normalized spacial score (nSPS) is 13.0. The molecule has 0 saturated carbocycles. The predicted octanol–water partition coefficient (Wildman–Crippen LogP) is 3.91. The van der Waals surface area contributed by atoms with E-state index >= 15 is 0 Å². The molecule has 18 heavy (non-hydrogen) atoms. The van der Waals surface area contributed by atoms with Crippen molar-refractivity contribution in [3.05, 3.63) is 59.1 Å². The van der Waals surface area contributed by atoms with Gasteiger partial charge < -0.3 is 9.52 Å². The Labute approximate surface area is 107 Å². The Balaban J connectivity index is 1.89. The third kappa shape index (κ3) is 2.17. The van der Waals surface area contributed by atoms with Crippen molar-refractivity contribution in [2.45, 2.75) is 12.5 Å². The van der Waals surface area contributed by atoms with Crippen LogP contribution in [0.15, 0.2) is 47.3 Å². The van der Waals surface area contributed by atoms with Gasteiger partial charge in [-0.25, -0.2) is 4.39 Å². The van der Waals surface area contributed by atoms with Gasteiger partial charge in [0.05, 0.1) is 18.6 Å². The molecule has 2 heterocycles. The summed E-state index contributed by atoms with van der Waals surface area (Å²) in [6, 6.07) is 8.33. The lowest BCUT2D eigenvalue weighted by Crippen LogP contribution is -1.97. The smallest absolute Gasteiger partial charge is 0.123 e. The highest BCUT2D eigenvalue weighted by molar-refractivity contribution is 7.19. The summed E-state index contributed by atoms with van der Waals surface area (Å²) in [4.78, 5) is 0.844. The van der Waals surface area contributed by atoms with Gasteiger partial charge in [-0.15, -0.1) is 11.3 Å². The van der Waals surface area contributed by atoms with E-state index in [0.29, 0.717) is 6.42 Å². The van der Waals surface area contributed by atoms with Crippen LogP contribution in [0.3, 0.4) is 0 Å². The molecule has 0 fully saturated rings. The molecule has 3 rings (SSSR count). The second-order valence-corrected chi connectivity index (χ2v) is 5.30. The lowest BCUT2D eigenvalue weighted by atomic mass is 10.1. The molecule has 0 radical (unpaired) electrons. The summed E-state index contributed by atoms with van der Waals surface area (Å²) in [6.45, 7) is 0. The minimum atomic E-state index is -0.580. The quantitative estimate of drug-likeness (QED) is 0.776. The monoisotopic (exact) mass is 262 g/mol. The fraction of sp³-hybridized carbons (Fsp3) is 0.143. The van der Waals surface area contributed by atoms with Gasteiger partial charge in [-0.05, 0) is 41.3 Å². The molecule has 0 saturated heterocycles. The van der Waals surface area contributed by atoms with Crippen LogP contribution in [0.1, 0.15) is 16.5 Å². The summed E-state index contributed by atoms with van der Waals surface area (Å²) in [7, 11) is 0. The highest BCUT2D eigenvalue weighted by atomic mass is 32.1. The number of furan rings is 1. The number of fused-ring (bicyclic) bond motifs is 1. The van der Waals surface area contributed by atoms with Crippen LogP contribution in [0.2, 0.25) is 0 Å². The number of halogens is 1. The Hall–Kier alpha value is -1.65. The molecule has 0 amide bonds. The zero-order valence-corrected chi connectivity index (χ0v) is 10.3. The van der Waals surface area contributed by atoms with Crippen LogP contribution in [0, 0.1) is 5.82 Å². The summed E-state index contributed by atoms with van der Waals surface area (Å²) < 4.78 is 19.0. The molecule has 0 aliphatic carbocycles. The molecule has 2 nitrogen and oxygen atoms in total. The molecule has 1 unspecified atom stereocenters. The third-order valence-electron chi connectivity index (χ3n) is 2.83. The van der Waals surface area contributed by atoms with Crippen molar-refractivity contribution < 1.29 is 13.9 Å². The fourth-order valence-corrected chi connectivity index (χ4v) is 2.96. The number of rotatable bonds is 3. The molecular weight excluding hydrogens is 251 g/mol. The third-order valence-corrected chi connectivity index (χ3v) is 4.05. The fourth-order valence-electron chi connectivity index (χ4n) is 1.93. The maximum Gasteiger partial charge on any atom is 0.123 e. The van der Waals surface area contributed by atoms with Crippen molar-refractivity contribution >= 4 is 21.4 Å². The van der Waals surface area contributed by atoms with Crippen molar-refractivity contribution in [2.75, 3.05) is 0 Å². The van der Waals surface area contributed by atoms with Gasteiger partial charge in [0.25, 0.3) is 0 Å². The van der Waals surface area contributed by atoms with Crippen molar-refractivity contribution in [2.24, 2.45) is 0 Å². The molecule has 92 valence electrons. The van der Waals surface area contributed by atoms with E-state index < -0.39 is 6.10 Å². The first-order valence-electron chi connectivity index (χ1n) is 5.60. The number of aliphatic hydroxyl groups excluding tert-OH is 1. The van der Waals surface area contributed by atoms with Crippen molar-refractivity contribution in [3.8, 4) is 0 Å². The van der Waals surface area contributed by atoms with Gasteiger partial charge in [-0.3, -0.25) is 0 Å². The largest absolute Gasteiger partial charge is 0.472 e.